The maximum atomic E-state index is 12.7. The summed E-state index contributed by atoms with van der Waals surface area (Å²) in [5.41, 5.74) is 1.35. The van der Waals surface area contributed by atoms with Crippen LogP contribution in [0.25, 0.3) is 0 Å². The van der Waals surface area contributed by atoms with Crippen LogP contribution in [0.1, 0.15) is 63.2 Å². The van der Waals surface area contributed by atoms with Crippen LogP contribution in [0.3, 0.4) is 0 Å². The summed E-state index contributed by atoms with van der Waals surface area (Å²) in [6.45, 7) is 0. The van der Waals surface area contributed by atoms with E-state index in [2.05, 4.69) is 20.7 Å². The number of hydrogen-bond acceptors (Lipinski definition) is 5. The van der Waals surface area contributed by atoms with Crippen molar-refractivity contribution in [3.63, 3.8) is 0 Å². The van der Waals surface area contributed by atoms with Crippen molar-refractivity contribution in [1.82, 2.24) is 10.6 Å². The molecule has 0 aliphatic heterocycles. The fourth-order valence-electron chi connectivity index (χ4n) is 3.53. The van der Waals surface area contributed by atoms with Crippen molar-refractivity contribution < 1.29 is 19.1 Å². The number of amides is 2. The maximum absolute atomic E-state index is 12.7. The van der Waals surface area contributed by atoms with Gasteiger partial charge in [-0.3, -0.25) is 14.9 Å². The molecule has 32 heavy (non-hydrogen) atoms. The molecular weight excluding hydrogens is 450 g/mol. The molecule has 9 heteroatoms. The Morgan fingerprint density at radius 1 is 1.00 bits per heavy atom. The van der Waals surface area contributed by atoms with Gasteiger partial charge in [-0.1, -0.05) is 36.9 Å². The summed E-state index contributed by atoms with van der Waals surface area (Å²) in [5.74, 6) is -1.27. The third kappa shape index (κ3) is 6.27. The minimum Gasteiger partial charge on any atom is -0.465 e. The van der Waals surface area contributed by atoms with Crippen molar-refractivity contribution in [2.75, 3.05) is 12.4 Å². The van der Waals surface area contributed by atoms with E-state index in [0.29, 0.717) is 16.3 Å². The Bertz CT molecular complexity index is 1040. The summed E-state index contributed by atoms with van der Waals surface area (Å²) in [7, 11) is 1.27. The van der Waals surface area contributed by atoms with Gasteiger partial charge in [0.2, 0.25) is 0 Å². The van der Waals surface area contributed by atoms with E-state index in [9.17, 15) is 14.4 Å². The van der Waals surface area contributed by atoms with E-state index < -0.39 is 11.9 Å². The van der Waals surface area contributed by atoms with Gasteiger partial charge in [0.15, 0.2) is 5.11 Å². The number of esters is 1. The molecule has 1 aliphatic carbocycles. The highest BCUT2D eigenvalue weighted by Crippen LogP contribution is 2.23. The molecule has 168 valence electrons. The van der Waals surface area contributed by atoms with Crippen molar-refractivity contribution in [3.05, 3.63) is 64.2 Å². The average molecular weight is 474 g/mol. The lowest BCUT2D eigenvalue weighted by Crippen LogP contribution is -2.36. The third-order valence-corrected chi connectivity index (χ3v) is 5.72. The zero-order chi connectivity index (χ0) is 23.1. The second-order valence-electron chi connectivity index (χ2n) is 7.48. The first-order valence-electron chi connectivity index (χ1n) is 10.3. The smallest absolute Gasteiger partial charge is 0.337 e. The first kappa shape index (κ1) is 23.7. The number of nitrogens with one attached hydrogen (secondary N) is 3. The number of hydrogen-bond donors (Lipinski definition) is 3. The summed E-state index contributed by atoms with van der Waals surface area (Å²) in [6.07, 6.45) is 5.35. The van der Waals surface area contributed by atoms with Crippen molar-refractivity contribution in [2.24, 2.45) is 0 Å². The van der Waals surface area contributed by atoms with Crippen molar-refractivity contribution in [2.45, 2.75) is 38.1 Å². The highest BCUT2D eigenvalue weighted by atomic mass is 35.5. The molecule has 0 aromatic heterocycles. The first-order valence-corrected chi connectivity index (χ1v) is 11.1. The first-order chi connectivity index (χ1) is 15.4. The van der Waals surface area contributed by atoms with E-state index in [1.54, 1.807) is 36.4 Å². The van der Waals surface area contributed by atoms with E-state index in [1.165, 1.54) is 19.6 Å². The van der Waals surface area contributed by atoms with E-state index in [1.807, 2.05) is 0 Å². The monoisotopic (exact) mass is 473 g/mol. The molecule has 1 aliphatic rings. The number of benzene rings is 2. The lowest BCUT2D eigenvalue weighted by molar-refractivity contribution is 0.0600. The third-order valence-electron chi connectivity index (χ3n) is 5.18. The highest BCUT2D eigenvalue weighted by Gasteiger charge is 2.19. The molecule has 0 bridgehead atoms. The maximum Gasteiger partial charge on any atom is 0.337 e. The molecule has 3 rings (SSSR count). The molecule has 0 radical (unpaired) electrons. The molecule has 2 aromatic rings. The van der Waals surface area contributed by atoms with Gasteiger partial charge in [0, 0.05) is 17.3 Å². The molecular formula is C23H24ClN3O4S. The number of carbonyl (C=O) groups is 3. The molecule has 1 saturated carbocycles. The minimum atomic E-state index is -0.541. The average Bonchev–Trinajstić information content (AvgIpc) is 2.80. The number of carbonyl (C=O) groups excluding carboxylic acids is 3. The van der Waals surface area contributed by atoms with Gasteiger partial charge in [0.1, 0.15) is 0 Å². The van der Waals surface area contributed by atoms with Crippen LogP contribution in [-0.2, 0) is 4.74 Å². The van der Waals surface area contributed by atoms with Crippen molar-refractivity contribution in [3.8, 4) is 0 Å². The lowest BCUT2D eigenvalue weighted by Gasteiger charge is -2.23. The van der Waals surface area contributed by atoms with Crippen molar-refractivity contribution in [1.29, 1.82) is 0 Å². The Hall–Kier alpha value is -2.97. The number of ether oxygens (including phenoxy) is 1. The van der Waals surface area contributed by atoms with Gasteiger partial charge in [-0.2, -0.15) is 0 Å². The molecule has 0 unspecified atom stereocenters. The van der Waals surface area contributed by atoms with Crippen LogP contribution in [0.5, 0.6) is 0 Å². The SMILES string of the molecule is COC(=O)c1cccc(C(=O)NC(=S)Nc2ccc(Cl)c(C(=O)NC3CCCCC3)c2)c1. The van der Waals surface area contributed by atoms with Crippen molar-refractivity contribution >= 4 is 52.4 Å². The quantitative estimate of drug-likeness (QED) is 0.442. The van der Waals surface area contributed by atoms with Gasteiger partial charge >= 0.3 is 5.97 Å². The fourth-order valence-corrected chi connectivity index (χ4v) is 3.94. The standard InChI is InChI=1S/C23H24ClN3O4S/c1-31-22(30)15-7-5-6-14(12-15)20(28)27-23(32)26-17-10-11-19(24)18(13-17)21(29)25-16-8-3-2-4-9-16/h5-7,10-13,16H,2-4,8-9H2,1H3,(H,25,29)(H2,26,27,28,32). The van der Waals surface area contributed by atoms with Crippen LogP contribution in [0.15, 0.2) is 42.5 Å². The normalized spacial score (nSPS) is 13.7. The van der Waals surface area contributed by atoms with E-state index in [-0.39, 0.29) is 28.2 Å². The Kier molecular flexibility index (Phi) is 8.19. The Balaban J connectivity index is 1.63. The van der Waals surface area contributed by atoms with Crippen LogP contribution in [-0.4, -0.2) is 36.0 Å². The van der Waals surface area contributed by atoms with Gasteiger partial charge in [0.25, 0.3) is 11.8 Å². The zero-order valence-electron chi connectivity index (χ0n) is 17.6. The summed E-state index contributed by atoms with van der Waals surface area (Å²) >= 11 is 11.5. The second-order valence-corrected chi connectivity index (χ2v) is 8.30. The van der Waals surface area contributed by atoms with Crippen LogP contribution in [0, 0.1) is 0 Å². The number of rotatable bonds is 5. The Morgan fingerprint density at radius 3 is 2.44 bits per heavy atom. The lowest BCUT2D eigenvalue weighted by atomic mass is 9.95. The molecule has 0 saturated heterocycles. The minimum absolute atomic E-state index is 0.0411. The van der Waals surface area contributed by atoms with Gasteiger partial charge in [0.05, 0.1) is 23.3 Å². The molecule has 1 fully saturated rings. The number of thiocarbonyl (C=S) groups is 1. The van der Waals surface area contributed by atoms with Gasteiger partial charge in [-0.25, -0.2) is 4.79 Å². The number of methoxy groups -OCH3 is 1. The molecule has 2 amide bonds. The van der Waals surface area contributed by atoms with Crippen LogP contribution in [0.4, 0.5) is 5.69 Å². The van der Waals surface area contributed by atoms with E-state index >= 15 is 0 Å². The number of anilines is 1. The van der Waals surface area contributed by atoms with E-state index in [0.717, 1.165) is 25.7 Å². The van der Waals surface area contributed by atoms with Crippen LogP contribution >= 0.6 is 23.8 Å². The molecule has 0 spiro atoms. The van der Waals surface area contributed by atoms with Crippen LogP contribution in [0.2, 0.25) is 5.02 Å². The zero-order valence-corrected chi connectivity index (χ0v) is 19.1. The van der Waals surface area contributed by atoms with Gasteiger partial charge < -0.3 is 15.4 Å². The highest BCUT2D eigenvalue weighted by molar-refractivity contribution is 7.80. The molecule has 0 heterocycles. The summed E-state index contributed by atoms with van der Waals surface area (Å²) < 4.78 is 4.67. The molecule has 3 N–H and O–H groups in total. The largest absolute Gasteiger partial charge is 0.465 e. The topological polar surface area (TPSA) is 96.5 Å². The predicted octanol–water partition coefficient (Wildman–Crippen LogP) is 4.32. The molecule has 2 aromatic carbocycles. The van der Waals surface area contributed by atoms with Gasteiger partial charge in [-0.15, -0.1) is 0 Å². The predicted molar refractivity (Wildman–Crippen MR) is 127 cm³/mol. The number of halogens is 1. The Labute approximate surface area is 196 Å². The second kappa shape index (κ2) is 11.1. The fraction of sp³-hybridized carbons (Fsp3) is 0.304. The molecule has 0 atom stereocenters. The molecule has 7 nitrogen and oxygen atoms in total. The summed E-state index contributed by atoms with van der Waals surface area (Å²) in [4.78, 5) is 36.8. The van der Waals surface area contributed by atoms with E-state index in [4.69, 9.17) is 23.8 Å². The summed E-state index contributed by atoms with van der Waals surface area (Å²) in [5, 5.41) is 8.85. The summed E-state index contributed by atoms with van der Waals surface area (Å²) in [6, 6.07) is 11.1. The van der Waals surface area contributed by atoms with Gasteiger partial charge in [-0.05, 0) is 61.5 Å². The van der Waals surface area contributed by atoms with Crippen LogP contribution < -0.4 is 16.0 Å². The Morgan fingerprint density at radius 2 is 1.72 bits per heavy atom.